The molecule has 0 bridgehead atoms. The first-order chi connectivity index (χ1) is 13.9. The fourth-order valence-electron chi connectivity index (χ4n) is 3.53. The van der Waals surface area contributed by atoms with Crippen LogP contribution in [0.15, 0.2) is 64.4 Å². The standard InChI is InChI=1S/C22H27N3O3S/c1-17-16-24-22(26)19-11-5-12-20(21(17)19)29(27,28)25(15-7-13-23)14-6-10-18-8-3-2-4-9-18/h2-5,8-9,11-12,16H,6-7,10,13-15,23H2,1H3,(H,24,26). The van der Waals surface area contributed by atoms with Gasteiger partial charge in [-0.05, 0) is 56.0 Å². The molecular weight excluding hydrogens is 386 g/mol. The first kappa shape index (κ1) is 21.2. The van der Waals surface area contributed by atoms with E-state index in [4.69, 9.17) is 5.73 Å². The van der Waals surface area contributed by atoms with Crippen molar-refractivity contribution >= 4 is 20.8 Å². The van der Waals surface area contributed by atoms with E-state index in [2.05, 4.69) is 4.98 Å². The number of aromatic nitrogens is 1. The highest BCUT2D eigenvalue weighted by Gasteiger charge is 2.26. The lowest BCUT2D eigenvalue weighted by molar-refractivity contribution is 0.401. The zero-order valence-electron chi connectivity index (χ0n) is 16.6. The predicted molar refractivity (Wildman–Crippen MR) is 116 cm³/mol. The molecule has 7 heteroatoms. The highest BCUT2D eigenvalue weighted by Crippen LogP contribution is 2.27. The molecule has 29 heavy (non-hydrogen) atoms. The molecule has 0 aliphatic heterocycles. The molecule has 3 rings (SSSR count). The van der Waals surface area contributed by atoms with Crippen molar-refractivity contribution < 1.29 is 8.42 Å². The van der Waals surface area contributed by atoms with E-state index in [-0.39, 0.29) is 10.5 Å². The Kier molecular flexibility index (Phi) is 6.84. The van der Waals surface area contributed by atoms with E-state index >= 15 is 0 Å². The number of pyridine rings is 1. The van der Waals surface area contributed by atoms with Gasteiger partial charge in [-0.25, -0.2) is 8.42 Å². The van der Waals surface area contributed by atoms with Gasteiger partial charge in [0.2, 0.25) is 10.0 Å². The summed E-state index contributed by atoms with van der Waals surface area (Å²) in [4.78, 5) is 15.0. The Balaban J connectivity index is 1.93. The Morgan fingerprint density at radius 3 is 2.45 bits per heavy atom. The summed E-state index contributed by atoms with van der Waals surface area (Å²) < 4.78 is 28.6. The smallest absolute Gasteiger partial charge is 0.255 e. The van der Waals surface area contributed by atoms with E-state index in [0.717, 1.165) is 12.0 Å². The maximum Gasteiger partial charge on any atom is 0.255 e. The molecule has 0 fully saturated rings. The van der Waals surface area contributed by atoms with Gasteiger partial charge in [-0.3, -0.25) is 4.79 Å². The molecule has 0 radical (unpaired) electrons. The predicted octanol–water partition coefficient (Wildman–Crippen LogP) is 2.81. The van der Waals surface area contributed by atoms with Gasteiger partial charge < -0.3 is 10.7 Å². The molecule has 0 amide bonds. The van der Waals surface area contributed by atoms with Crippen molar-refractivity contribution in [2.75, 3.05) is 19.6 Å². The lowest BCUT2D eigenvalue weighted by atomic mass is 10.1. The second kappa shape index (κ2) is 9.35. The highest BCUT2D eigenvalue weighted by molar-refractivity contribution is 7.89. The summed E-state index contributed by atoms with van der Waals surface area (Å²) in [5.74, 6) is 0. The minimum absolute atomic E-state index is 0.176. The summed E-state index contributed by atoms with van der Waals surface area (Å²) in [6, 6.07) is 14.9. The molecule has 0 saturated heterocycles. The Hall–Kier alpha value is -2.48. The van der Waals surface area contributed by atoms with Crippen LogP contribution in [0.1, 0.15) is 24.0 Å². The van der Waals surface area contributed by atoms with Crippen LogP contribution in [0.4, 0.5) is 0 Å². The van der Waals surface area contributed by atoms with Gasteiger partial charge in [0.05, 0.1) is 4.90 Å². The molecule has 3 aromatic rings. The third-order valence-electron chi connectivity index (χ3n) is 5.03. The van der Waals surface area contributed by atoms with Crippen LogP contribution in [0.3, 0.4) is 0 Å². The summed E-state index contributed by atoms with van der Waals surface area (Å²) in [7, 11) is -3.77. The molecule has 3 N–H and O–H groups in total. The first-order valence-electron chi connectivity index (χ1n) is 9.80. The summed E-state index contributed by atoms with van der Waals surface area (Å²) in [6.45, 7) is 2.97. The SMILES string of the molecule is Cc1c[nH]c(=O)c2cccc(S(=O)(=O)N(CCCN)CCCc3ccccc3)c12. The summed E-state index contributed by atoms with van der Waals surface area (Å²) >= 11 is 0. The van der Waals surface area contributed by atoms with Crippen molar-refractivity contribution in [3.8, 4) is 0 Å². The number of nitrogens with two attached hydrogens (primary N) is 1. The average molecular weight is 414 g/mol. The Labute approximate surface area is 171 Å². The lowest BCUT2D eigenvalue weighted by Gasteiger charge is -2.23. The Morgan fingerprint density at radius 2 is 1.72 bits per heavy atom. The first-order valence-corrected chi connectivity index (χ1v) is 11.2. The number of aromatic amines is 1. The van der Waals surface area contributed by atoms with Gasteiger partial charge in [0.15, 0.2) is 0 Å². The zero-order chi connectivity index (χ0) is 20.9. The second-order valence-electron chi connectivity index (χ2n) is 7.11. The molecule has 1 aromatic heterocycles. The Morgan fingerprint density at radius 1 is 1.00 bits per heavy atom. The molecule has 0 saturated carbocycles. The van der Waals surface area contributed by atoms with Crippen molar-refractivity contribution in [1.29, 1.82) is 0 Å². The molecular formula is C22H27N3O3S. The van der Waals surface area contributed by atoms with Crippen molar-refractivity contribution in [3.05, 3.63) is 76.2 Å². The van der Waals surface area contributed by atoms with Crippen LogP contribution in [0.25, 0.3) is 10.8 Å². The van der Waals surface area contributed by atoms with E-state index < -0.39 is 10.0 Å². The Bertz CT molecular complexity index is 1120. The quantitative estimate of drug-likeness (QED) is 0.564. The van der Waals surface area contributed by atoms with E-state index in [1.54, 1.807) is 31.3 Å². The molecule has 2 aromatic carbocycles. The molecule has 0 aliphatic rings. The largest absolute Gasteiger partial charge is 0.330 e. The maximum atomic E-state index is 13.5. The van der Waals surface area contributed by atoms with Crippen molar-refractivity contribution in [3.63, 3.8) is 0 Å². The second-order valence-corrected chi connectivity index (χ2v) is 9.02. The summed E-state index contributed by atoms with van der Waals surface area (Å²) in [5, 5.41) is 0.867. The number of hydrogen-bond donors (Lipinski definition) is 2. The fourth-order valence-corrected chi connectivity index (χ4v) is 5.33. The summed E-state index contributed by atoms with van der Waals surface area (Å²) in [5.41, 5.74) is 7.26. The van der Waals surface area contributed by atoms with E-state index in [1.807, 2.05) is 30.3 Å². The fraction of sp³-hybridized carbons (Fsp3) is 0.318. The van der Waals surface area contributed by atoms with Crippen molar-refractivity contribution in [2.24, 2.45) is 5.73 Å². The number of nitrogens with one attached hydrogen (secondary N) is 1. The van der Waals surface area contributed by atoms with Crippen LogP contribution in [0.2, 0.25) is 0 Å². The molecule has 154 valence electrons. The van der Waals surface area contributed by atoms with Gasteiger partial charge in [0, 0.05) is 30.1 Å². The number of benzene rings is 2. The van der Waals surface area contributed by atoms with E-state index in [1.165, 1.54) is 9.87 Å². The molecule has 0 spiro atoms. The van der Waals surface area contributed by atoms with Crippen molar-refractivity contribution in [2.45, 2.75) is 31.1 Å². The monoisotopic (exact) mass is 413 g/mol. The third kappa shape index (κ3) is 4.75. The molecule has 0 aliphatic carbocycles. The van der Waals surface area contributed by atoms with Gasteiger partial charge in [-0.1, -0.05) is 36.4 Å². The maximum absolute atomic E-state index is 13.5. The lowest BCUT2D eigenvalue weighted by Crippen LogP contribution is -2.34. The number of nitrogens with zero attached hydrogens (tertiary/aromatic N) is 1. The van der Waals surface area contributed by atoms with Gasteiger partial charge in [0.25, 0.3) is 5.56 Å². The van der Waals surface area contributed by atoms with Crippen LogP contribution < -0.4 is 11.3 Å². The van der Waals surface area contributed by atoms with E-state index in [0.29, 0.717) is 43.2 Å². The molecule has 6 nitrogen and oxygen atoms in total. The van der Waals surface area contributed by atoms with E-state index in [9.17, 15) is 13.2 Å². The molecule has 0 atom stereocenters. The number of hydrogen-bond acceptors (Lipinski definition) is 4. The van der Waals surface area contributed by atoms with Gasteiger partial charge in [-0.2, -0.15) is 4.31 Å². The van der Waals surface area contributed by atoms with Gasteiger partial charge in [0.1, 0.15) is 0 Å². The average Bonchev–Trinajstić information content (AvgIpc) is 2.73. The van der Waals surface area contributed by atoms with Crippen LogP contribution in [0.5, 0.6) is 0 Å². The topological polar surface area (TPSA) is 96.3 Å². The van der Waals surface area contributed by atoms with Crippen LogP contribution in [-0.2, 0) is 16.4 Å². The van der Waals surface area contributed by atoms with Gasteiger partial charge >= 0.3 is 0 Å². The molecule has 0 unspecified atom stereocenters. The van der Waals surface area contributed by atoms with Gasteiger partial charge in [-0.15, -0.1) is 0 Å². The van der Waals surface area contributed by atoms with Crippen molar-refractivity contribution in [1.82, 2.24) is 9.29 Å². The highest BCUT2D eigenvalue weighted by atomic mass is 32.2. The zero-order valence-corrected chi connectivity index (χ0v) is 17.4. The normalized spacial score (nSPS) is 12.0. The van der Waals surface area contributed by atoms with Crippen LogP contribution in [-0.4, -0.2) is 37.3 Å². The minimum atomic E-state index is -3.77. The number of rotatable bonds is 9. The third-order valence-corrected chi connectivity index (χ3v) is 6.97. The number of H-pyrrole nitrogens is 1. The van der Waals surface area contributed by atoms with Crippen LogP contribution in [0, 0.1) is 6.92 Å². The molecule has 1 heterocycles. The summed E-state index contributed by atoms with van der Waals surface area (Å²) in [6.07, 6.45) is 3.64. The number of fused-ring (bicyclic) bond motifs is 1. The minimum Gasteiger partial charge on any atom is -0.330 e. The number of aryl methyl sites for hydroxylation is 2. The number of sulfonamides is 1. The van der Waals surface area contributed by atoms with Crippen LogP contribution >= 0.6 is 0 Å².